The molecule has 0 amide bonds. The standard InChI is InChI=1S/C12H15NO3/c1-16-11-7-10-8(4-2-3-5-13-10)6-9(11)12(14)15/h6-7,13H,2-5H2,1H3,(H,14,15). The number of methoxy groups -OCH3 is 1. The largest absolute Gasteiger partial charge is 0.496 e. The molecule has 1 heterocycles. The zero-order valence-electron chi connectivity index (χ0n) is 9.25. The molecular formula is C12H15NO3. The number of nitrogens with one attached hydrogen (secondary N) is 1. The third-order valence-electron chi connectivity index (χ3n) is 2.84. The minimum atomic E-state index is -0.941. The fourth-order valence-electron chi connectivity index (χ4n) is 2.00. The van der Waals surface area contributed by atoms with Crippen molar-refractivity contribution in [3.05, 3.63) is 23.3 Å². The highest BCUT2D eigenvalue weighted by Crippen LogP contribution is 2.30. The van der Waals surface area contributed by atoms with Gasteiger partial charge in [-0.05, 0) is 30.9 Å². The van der Waals surface area contributed by atoms with E-state index in [9.17, 15) is 4.79 Å². The summed E-state index contributed by atoms with van der Waals surface area (Å²) in [5, 5.41) is 12.4. The number of anilines is 1. The Hall–Kier alpha value is -1.71. The van der Waals surface area contributed by atoms with E-state index in [4.69, 9.17) is 9.84 Å². The van der Waals surface area contributed by atoms with Crippen molar-refractivity contribution in [2.75, 3.05) is 19.0 Å². The van der Waals surface area contributed by atoms with Gasteiger partial charge >= 0.3 is 5.97 Å². The Labute approximate surface area is 94.2 Å². The average Bonchev–Trinajstić information content (AvgIpc) is 2.51. The molecule has 0 spiro atoms. The van der Waals surface area contributed by atoms with Crippen LogP contribution in [0.2, 0.25) is 0 Å². The van der Waals surface area contributed by atoms with Crippen LogP contribution >= 0.6 is 0 Å². The first-order valence-electron chi connectivity index (χ1n) is 5.40. The highest BCUT2D eigenvalue weighted by molar-refractivity contribution is 5.92. The van der Waals surface area contributed by atoms with E-state index in [0.717, 1.165) is 37.1 Å². The lowest BCUT2D eigenvalue weighted by molar-refractivity contribution is 0.0693. The number of carboxylic acid groups (broad SMARTS) is 1. The Morgan fingerprint density at radius 2 is 2.25 bits per heavy atom. The van der Waals surface area contributed by atoms with E-state index in [-0.39, 0.29) is 5.56 Å². The molecule has 0 radical (unpaired) electrons. The first-order valence-corrected chi connectivity index (χ1v) is 5.40. The van der Waals surface area contributed by atoms with Crippen LogP contribution in [-0.4, -0.2) is 24.7 Å². The summed E-state index contributed by atoms with van der Waals surface area (Å²) in [5.74, 6) is -0.524. The molecule has 0 aliphatic carbocycles. The molecule has 1 aliphatic rings. The topological polar surface area (TPSA) is 58.6 Å². The van der Waals surface area contributed by atoms with Gasteiger partial charge in [0.2, 0.25) is 0 Å². The van der Waals surface area contributed by atoms with Crippen LogP contribution < -0.4 is 10.1 Å². The van der Waals surface area contributed by atoms with E-state index in [0.29, 0.717) is 5.75 Å². The van der Waals surface area contributed by atoms with Gasteiger partial charge in [-0.2, -0.15) is 0 Å². The molecule has 4 nitrogen and oxygen atoms in total. The van der Waals surface area contributed by atoms with Crippen LogP contribution in [0.25, 0.3) is 0 Å². The summed E-state index contributed by atoms with van der Waals surface area (Å²) < 4.78 is 5.09. The zero-order valence-corrected chi connectivity index (χ0v) is 9.25. The molecule has 0 bridgehead atoms. The highest BCUT2D eigenvalue weighted by Gasteiger charge is 2.16. The number of aromatic carboxylic acids is 1. The molecule has 2 rings (SSSR count). The molecule has 0 saturated heterocycles. The predicted molar refractivity (Wildman–Crippen MR) is 61.4 cm³/mol. The van der Waals surface area contributed by atoms with E-state index >= 15 is 0 Å². The van der Waals surface area contributed by atoms with Gasteiger partial charge in [0.05, 0.1) is 7.11 Å². The minimum absolute atomic E-state index is 0.241. The lowest BCUT2D eigenvalue weighted by Gasteiger charge is -2.12. The van der Waals surface area contributed by atoms with Crippen LogP contribution in [0.15, 0.2) is 12.1 Å². The quantitative estimate of drug-likeness (QED) is 0.803. The molecule has 2 N–H and O–H groups in total. The number of aryl methyl sites for hydroxylation is 1. The molecular weight excluding hydrogens is 206 g/mol. The van der Waals surface area contributed by atoms with E-state index in [1.54, 1.807) is 12.1 Å². The summed E-state index contributed by atoms with van der Waals surface area (Å²) in [5.41, 5.74) is 2.31. The SMILES string of the molecule is COc1cc2c(cc1C(=O)O)CCCCN2. The number of hydrogen-bond donors (Lipinski definition) is 2. The lowest BCUT2D eigenvalue weighted by atomic mass is 10.0. The van der Waals surface area contributed by atoms with Crippen molar-refractivity contribution in [3.63, 3.8) is 0 Å². The molecule has 0 atom stereocenters. The highest BCUT2D eigenvalue weighted by atomic mass is 16.5. The van der Waals surface area contributed by atoms with Crippen molar-refractivity contribution in [2.45, 2.75) is 19.3 Å². The maximum atomic E-state index is 11.1. The third kappa shape index (κ3) is 1.96. The molecule has 0 saturated carbocycles. The van der Waals surface area contributed by atoms with Gasteiger partial charge in [0.15, 0.2) is 0 Å². The molecule has 0 aromatic heterocycles. The number of rotatable bonds is 2. The normalized spacial score (nSPS) is 14.6. The van der Waals surface area contributed by atoms with Crippen LogP contribution in [0.5, 0.6) is 5.75 Å². The number of hydrogen-bond acceptors (Lipinski definition) is 3. The molecule has 0 unspecified atom stereocenters. The van der Waals surface area contributed by atoms with Crippen molar-refractivity contribution in [2.24, 2.45) is 0 Å². The maximum Gasteiger partial charge on any atom is 0.339 e. The smallest absolute Gasteiger partial charge is 0.339 e. The molecule has 16 heavy (non-hydrogen) atoms. The summed E-state index contributed by atoms with van der Waals surface area (Å²) in [6.45, 7) is 0.933. The Kier molecular flexibility index (Phi) is 2.99. The first-order chi connectivity index (χ1) is 7.72. The second kappa shape index (κ2) is 4.43. The zero-order chi connectivity index (χ0) is 11.5. The van der Waals surface area contributed by atoms with E-state index in [2.05, 4.69) is 5.32 Å². The van der Waals surface area contributed by atoms with Gasteiger partial charge in [-0.15, -0.1) is 0 Å². The summed E-state index contributed by atoms with van der Waals surface area (Å²) in [6.07, 6.45) is 3.12. The number of carboxylic acids is 1. The molecule has 0 fully saturated rings. The Morgan fingerprint density at radius 1 is 1.44 bits per heavy atom. The van der Waals surface area contributed by atoms with Crippen molar-refractivity contribution in [1.29, 1.82) is 0 Å². The molecule has 1 aliphatic heterocycles. The van der Waals surface area contributed by atoms with Crippen LogP contribution in [0.4, 0.5) is 5.69 Å². The number of carbonyl (C=O) groups is 1. The van der Waals surface area contributed by atoms with E-state index in [1.807, 2.05) is 0 Å². The second-order valence-corrected chi connectivity index (χ2v) is 3.90. The van der Waals surface area contributed by atoms with Gasteiger partial charge in [-0.1, -0.05) is 0 Å². The van der Waals surface area contributed by atoms with Crippen molar-refractivity contribution in [3.8, 4) is 5.75 Å². The van der Waals surface area contributed by atoms with Crippen LogP contribution in [0, 0.1) is 0 Å². The van der Waals surface area contributed by atoms with Gasteiger partial charge in [0, 0.05) is 18.3 Å². The van der Waals surface area contributed by atoms with Crippen LogP contribution in [0.1, 0.15) is 28.8 Å². The predicted octanol–water partition coefficient (Wildman–Crippen LogP) is 2.14. The van der Waals surface area contributed by atoms with Crippen molar-refractivity contribution < 1.29 is 14.6 Å². The van der Waals surface area contributed by atoms with Gasteiger partial charge in [0.25, 0.3) is 0 Å². The van der Waals surface area contributed by atoms with Gasteiger partial charge in [-0.3, -0.25) is 0 Å². The molecule has 1 aromatic carbocycles. The number of benzene rings is 1. The third-order valence-corrected chi connectivity index (χ3v) is 2.84. The Morgan fingerprint density at radius 3 is 2.94 bits per heavy atom. The summed E-state index contributed by atoms with van der Waals surface area (Å²) in [4.78, 5) is 11.1. The fourth-order valence-corrected chi connectivity index (χ4v) is 2.00. The van der Waals surface area contributed by atoms with Crippen molar-refractivity contribution >= 4 is 11.7 Å². The van der Waals surface area contributed by atoms with E-state index in [1.165, 1.54) is 7.11 Å². The van der Waals surface area contributed by atoms with Gasteiger partial charge in [0.1, 0.15) is 11.3 Å². The lowest BCUT2D eigenvalue weighted by Crippen LogP contribution is -2.05. The maximum absolute atomic E-state index is 11.1. The summed E-state index contributed by atoms with van der Waals surface area (Å²) >= 11 is 0. The monoisotopic (exact) mass is 221 g/mol. The molecule has 86 valence electrons. The molecule has 1 aromatic rings. The number of ether oxygens (including phenoxy) is 1. The Balaban J connectivity index is 2.48. The van der Waals surface area contributed by atoms with Gasteiger partial charge in [-0.25, -0.2) is 4.79 Å². The molecule has 4 heteroatoms. The first kappa shape index (κ1) is 10.8. The van der Waals surface area contributed by atoms with Crippen LogP contribution in [-0.2, 0) is 6.42 Å². The fraction of sp³-hybridized carbons (Fsp3) is 0.417. The average molecular weight is 221 g/mol. The Bertz CT molecular complexity index is 415. The summed E-state index contributed by atoms with van der Waals surface area (Å²) in [6, 6.07) is 3.50. The van der Waals surface area contributed by atoms with E-state index < -0.39 is 5.97 Å². The minimum Gasteiger partial charge on any atom is -0.496 e. The van der Waals surface area contributed by atoms with Crippen molar-refractivity contribution in [1.82, 2.24) is 0 Å². The van der Waals surface area contributed by atoms with Gasteiger partial charge < -0.3 is 15.2 Å². The summed E-state index contributed by atoms with van der Waals surface area (Å²) in [7, 11) is 1.49. The second-order valence-electron chi connectivity index (χ2n) is 3.90. The number of fused-ring (bicyclic) bond motifs is 1. The van der Waals surface area contributed by atoms with Crippen LogP contribution in [0.3, 0.4) is 0 Å².